The van der Waals surface area contributed by atoms with Crippen molar-refractivity contribution in [3.8, 4) is 5.75 Å². The lowest BCUT2D eigenvalue weighted by molar-refractivity contribution is 0.102. The first-order chi connectivity index (χ1) is 13.3. The highest BCUT2D eigenvalue weighted by Gasteiger charge is 2.28. The molecule has 0 aromatic heterocycles. The van der Waals surface area contributed by atoms with Gasteiger partial charge in [0.2, 0.25) is 0 Å². The number of amides is 3. The molecule has 0 radical (unpaired) electrons. The van der Waals surface area contributed by atoms with Crippen LogP contribution in [0.25, 0.3) is 0 Å². The van der Waals surface area contributed by atoms with E-state index in [1.807, 2.05) is 0 Å². The van der Waals surface area contributed by atoms with Crippen molar-refractivity contribution in [2.45, 2.75) is 12.5 Å². The number of carbonyl (C=O) groups excluding carboxylic acids is 2. The Kier molecular flexibility index (Phi) is 5.84. The van der Waals surface area contributed by atoms with Crippen LogP contribution in [0, 0.1) is 0 Å². The van der Waals surface area contributed by atoms with Crippen LogP contribution in [0.5, 0.6) is 5.75 Å². The van der Waals surface area contributed by atoms with Crippen molar-refractivity contribution in [1.82, 2.24) is 5.32 Å². The molecular formula is C19H21N3O5S. The van der Waals surface area contributed by atoms with Gasteiger partial charge in [-0.25, -0.2) is 13.2 Å². The molecule has 1 fully saturated rings. The molecule has 9 heteroatoms. The molecule has 8 nitrogen and oxygen atoms in total. The Bertz CT molecular complexity index is 956. The number of rotatable bonds is 5. The summed E-state index contributed by atoms with van der Waals surface area (Å²) < 4.78 is 27.9. The third-order valence-corrected chi connectivity index (χ3v) is 6.09. The Hall–Kier alpha value is -3.07. The van der Waals surface area contributed by atoms with Gasteiger partial charge < -0.3 is 20.7 Å². The number of benzene rings is 2. The maximum Gasteiger partial charge on any atom is 0.319 e. The number of sulfone groups is 1. The summed E-state index contributed by atoms with van der Waals surface area (Å²) in [6.45, 7) is 0. The standard InChI is InChI=1S/C19H21N3O5S/c1-27-17-8-6-14(7-9-17)20-18(23)13-2-4-15(5-3-13)21-19(24)22-16-10-11-28(25,26)12-16/h2-9,16H,10-12H2,1H3,(H,20,23)(H2,21,22,24)/t16-/m0/s1. The number of anilines is 2. The summed E-state index contributed by atoms with van der Waals surface area (Å²) in [4.78, 5) is 24.3. The van der Waals surface area contributed by atoms with Gasteiger partial charge in [0, 0.05) is 23.0 Å². The Morgan fingerprint density at radius 3 is 2.14 bits per heavy atom. The van der Waals surface area contributed by atoms with Crippen molar-refractivity contribution in [2.24, 2.45) is 0 Å². The minimum atomic E-state index is -3.05. The van der Waals surface area contributed by atoms with Crippen LogP contribution < -0.4 is 20.7 Å². The van der Waals surface area contributed by atoms with E-state index in [1.54, 1.807) is 55.6 Å². The average Bonchev–Trinajstić information content (AvgIpc) is 3.01. The highest BCUT2D eigenvalue weighted by molar-refractivity contribution is 7.91. The van der Waals surface area contributed by atoms with Gasteiger partial charge in [0.25, 0.3) is 5.91 Å². The van der Waals surface area contributed by atoms with Crippen LogP contribution in [-0.2, 0) is 9.84 Å². The summed E-state index contributed by atoms with van der Waals surface area (Å²) in [5.74, 6) is 0.472. The predicted molar refractivity (Wildman–Crippen MR) is 107 cm³/mol. The molecule has 0 saturated carbocycles. The fraction of sp³-hybridized carbons (Fsp3) is 0.263. The molecule has 1 aliphatic heterocycles. The van der Waals surface area contributed by atoms with Crippen LogP contribution in [0.4, 0.5) is 16.2 Å². The minimum absolute atomic E-state index is 0.0368. The zero-order valence-electron chi connectivity index (χ0n) is 15.3. The highest BCUT2D eigenvalue weighted by Crippen LogP contribution is 2.17. The maximum absolute atomic E-state index is 12.3. The molecule has 1 saturated heterocycles. The number of hydrogen-bond acceptors (Lipinski definition) is 5. The summed E-state index contributed by atoms with van der Waals surface area (Å²) in [6.07, 6.45) is 0.417. The van der Waals surface area contributed by atoms with Crippen LogP contribution in [0.15, 0.2) is 48.5 Å². The van der Waals surface area contributed by atoms with Crippen LogP contribution in [0.3, 0.4) is 0 Å². The highest BCUT2D eigenvalue weighted by atomic mass is 32.2. The Balaban J connectivity index is 1.53. The first-order valence-corrected chi connectivity index (χ1v) is 10.5. The molecule has 2 aromatic carbocycles. The fourth-order valence-corrected chi connectivity index (χ4v) is 4.52. The second-order valence-corrected chi connectivity index (χ2v) is 8.69. The lowest BCUT2D eigenvalue weighted by Gasteiger charge is -2.12. The summed E-state index contributed by atoms with van der Waals surface area (Å²) >= 11 is 0. The monoisotopic (exact) mass is 403 g/mol. The van der Waals surface area contributed by atoms with Crippen molar-refractivity contribution < 1.29 is 22.7 Å². The molecule has 0 unspecified atom stereocenters. The summed E-state index contributed by atoms with van der Waals surface area (Å²) in [7, 11) is -1.48. The van der Waals surface area contributed by atoms with E-state index >= 15 is 0 Å². The number of urea groups is 1. The Morgan fingerprint density at radius 1 is 0.964 bits per heavy atom. The largest absolute Gasteiger partial charge is 0.497 e. The number of carbonyl (C=O) groups is 2. The molecule has 0 aliphatic carbocycles. The van der Waals surface area contributed by atoms with Crippen molar-refractivity contribution >= 4 is 33.2 Å². The lowest BCUT2D eigenvalue weighted by atomic mass is 10.2. The molecule has 148 valence electrons. The maximum atomic E-state index is 12.3. The average molecular weight is 403 g/mol. The lowest BCUT2D eigenvalue weighted by Crippen LogP contribution is -2.38. The quantitative estimate of drug-likeness (QED) is 0.709. The van der Waals surface area contributed by atoms with E-state index in [0.717, 1.165) is 0 Å². The van der Waals surface area contributed by atoms with Crippen LogP contribution in [-0.4, -0.2) is 45.0 Å². The Labute approximate surface area is 163 Å². The van der Waals surface area contributed by atoms with Crippen molar-refractivity contribution in [1.29, 1.82) is 0 Å². The van der Waals surface area contributed by atoms with Gasteiger partial charge in [0.1, 0.15) is 5.75 Å². The summed E-state index contributed by atoms with van der Waals surface area (Å²) in [5.41, 5.74) is 1.57. The molecule has 3 rings (SSSR count). The smallest absolute Gasteiger partial charge is 0.319 e. The molecule has 3 amide bonds. The first kappa shape index (κ1) is 19.7. The number of ether oxygens (including phenoxy) is 1. The molecule has 0 spiro atoms. The SMILES string of the molecule is COc1ccc(NC(=O)c2ccc(NC(=O)N[C@H]3CCS(=O)(=O)C3)cc2)cc1. The zero-order valence-corrected chi connectivity index (χ0v) is 16.1. The number of nitrogens with one attached hydrogen (secondary N) is 3. The molecule has 2 aromatic rings. The van der Waals surface area contributed by atoms with Crippen LogP contribution in [0.2, 0.25) is 0 Å². The van der Waals surface area contributed by atoms with Crippen LogP contribution in [0.1, 0.15) is 16.8 Å². The van der Waals surface area contributed by atoms with Gasteiger partial charge in [-0.1, -0.05) is 0 Å². The first-order valence-electron chi connectivity index (χ1n) is 8.68. The normalized spacial score (nSPS) is 17.5. The van der Waals surface area contributed by atoms with Gasteiger partial charge in [-0.3, -0.25) is 4.79 Å². The van der Waals surface area contributed by atoms with Crippen LogP contribution >= 0.6 is 0 Å². The van der Waals surface area contributed by atoms with Gasteiger partial charge >= 0.3 is 6.03 Å². The van der Waals surface area contributed by atoms with Crippen molar-refractivity contribution in [3.63, 3.8) is 0 Å². The van der Waals surface area contributed by atoms with E-state index in [-0.39, 0.29) is 23.5 Å². The van der Waals surface area contributed by atoms with E-state index in [0.29, 0.717) is 29.1 Å². The van der Waals surface area contributed by atoms with Crippen molar-refractivity contribution in [3.05, 3.63) is 54.1 Å². The molecule has 1 aliphatic rings. The van der Waals surface area contributed by atoms with Gasteiger partial charge in [-0.05, 0) is 55.0 Å². The number of methoxy groups -OCH3 is 1. The molecule has 3 N–H and O–H groups in total. The predicted octanol–water partition coefficient (Wildman–Crippen LogP) is 2.26. The van der Waals surface area contributed by atoms with E-state index in [2.05, 4.69) is 16.0 Å². The molecule has 1 atom stereocenters. The summed E-state index contributed by atoms with van der Waals surface area (Å²) in [5, 5.41) is 8.05. The van der Waals surface area contributed by atoms with E-state index in [4.69, 9.17) is 4.74 Å². The van der Waals surface area contributed by atoms with Gasteiger partial charge in [0.15, 0.2) is 9.84 Å². The van der Waals surface area contributed by atoms with E-state index in [9.17, 15) is 18.0 Å². The molecule has 28 heavy (non-hydrogen) atoms. The molecule has 0 bridgehead atoms. The van der Waals surface area contributed by atoms with E-state index in [1.165, 1.54) is 0 Å². The third-order valence-electron chi connectivity index (χ3n) is 4.32. The molecule has 1 heterocycles. The number of hydrogen-bond donors (Lipinski definition) is 3. The third kappa shape index (κ3) is 5.23. The van der Waals surface area contributed by atoms with Gasteiger partial charge in [-0.15, -0.1) is 0 Å². The minimum Gasteiger partial charge on any atom is -0.497 e. The topological polar surface area (TPSA) is 114 Å². The summed E-state index contributed by atoms with van der Waals surface area (Å²) in [6, 6.07) is 12.5. The van der Waals surface area contributed by atoms with Crippen molar-refractivity contribution in [2.75, 3.05) is 29.2 Å². The van der Waals surface area contributed by atoms with Gasteiger partial charge in [-0.2, -0.15) is 0 Å². The second kappa shape index (κ2) is 8.30. The zero-order chi connectivity index (χ0) is 20.1. The second-order valence-electron chi connectivity index (χ2n) is 6.46. The van der Waals surface area contributed by atoms with E-state index < -0.39 is 15.9 Å². The fourth-order valence-electron chi connectivity index (χ4n) is 2.84. The molecular weight excluding hydrogens is 382 g/mol. The Morgan fingerprint density at radius 2 is 1.57 bits per heavy atom. The van der Waals surface area contributed by atoms with Gasteiger partial charge in [0.05, 0.1) is 18.6 Å².